The molecule has 0 radical (unpaired) electrons. The molecule has 22 heavy (non-hydrogen) atoms. The number of carbonyl (C=O) groups is 1. The van der Waals surface area contributed by atoms with Crippen molar-refractivity contribution in [2.45, 2.75) is 32.7 Å². The van der Waals surface area contributed by atoms with Crippen molar-refractivity contribution >= 4 is 17.2 Å². The molecule has 0 N–H and O–H groups in total. The minimum atomic E-state index is 0.149. The smallest absolute Gasteiger partial charge is 0.227 e. The molecule has 1 amide bonds. The monoisotopic (exact) mass is 323 g/mol. The first-order chi connectivity index (χ1) is 10.8. The Balaban J connectivity index is 1.55. The van der Waals surface area contributed by atoms with Crippen LogP contribution < -0.4 is 0 Å². The number of hydrogen-bond acceptors (Lipinski definition) is 5. The number of carbonyl (C=O) groups excluding carboxylic acids is 1. The Labute approximate surface area is 136 Å². The molecule has 0 bridgehead atoms. The average Bonchev–Trinajstić information content (AvgIpc) is 3.03. The third kappa shape index (κ3) is 3.86. The summed E-state index contributed by atoms with van der Waals surface area (Å²) >= 11 is 1.74. The van der Waals surface area contributed by atoms with Crippen molar-refractivity contribution in [1.82, 2.24) is 14.8 Å². The zero-order valence-corrected chi connectivity index (χ0v) is 14.1. The second kappa shape index (κ2) is 7.53. The number of ether oxygens (including phenoxy) is 1. The van der Waals surface area contributed by atoms with E-state index in [1.807, 2.05) is 4.90 Å². The maximum atomic E-state index is 12.6. The van der Waals surface area contributed by atoms with Crippen LogP contribution >= 0.6 is 11.3 Å². The summed E-state index contributed by atoms with van der Waals surface area (Å²) in [6.07, 6.45) is 3.12. The van der Waals surface area contributed by atoms with Crippen LogP contribution in [0.3, 0.4) is 0 Å². The quantitative estimate of drug-likeness (QED) is 0.847. The lowest BCUT2D eigenvalue weighted by Crippen LogP contribution is -2.48. The molecule has 0 spiro atoms. The molecule has 1 atom stereocenters. The van der Waals surface area contributed by atoms with Crippen LogP contribution in [0.25, 0.3) is 0 Å². The molecule has 5 nitrogen and oxygen atoms in total. The van der Waals surface area contributed by atoms with Gasteiger partial charge in [0.25, 0.3) is 0 Å². The van der Waals surface area contributed by atoms with E-state index in [4.69, 9.17) is 4.74 Å². The van der Waals surface area contributed by atoms with Gasteiger partial charge in [0.1, 0.15) is 0 Å². The summed E-state index contributed by atoms with van der Waals surface area (Å²) in [7, 11) is 0. The average molecular weight is 323 g/mol. The zero-order chi connectivity index (χ0) is 15.4. The Morgan fingerprint density at radius 2 is 2.23 bits per heavy atom. The van der Waals surface area contributed by atoms with E-state index in [1.165, 1.54) is 5.01 Å². The predicted octanol–water partition coefficient (Wildman–Crippen LogP) is 1.78. The van der Waals surface area contributed by atoms with Gasteiger partial charge in [-0.25, -0.2) is 4.98 Å². The number of piperidine rings is 1. The number of nitrogens with zero attached hydrogens (tertiary/aromatic N) is 3. The molecule has 0 unspecified atom stereocenters. The lowest BCUT2D eigenvalue weighted by atomic mass is 9.96. The van der Waals surface area contributed by atoms with Crippen LogP contribution in [0.4, 0.5) is 0 Å². The number of thiazole rings is 1. The fraction of sp³-hybridized carbons (Fsp3) is 0.750. The number of aromatic nitrogens is 1. The van der Waals surface area contributed by atoms with Gasteiger partial charge in [0.2, 0.25) is 5.91 Å². The Bertz CT molecular complexity index is 499. The number of aryl methyl sites for hydroxylation is 1. The summed E-state index contributed by atoms with van der Waals surface area (Å²) < 4.78 is 5.34. The van der Waals surface area contributed by atoms with Gasteiger partial charge in [0.15, 0.2) is 0 Å². The standard InChI is InChI=1S/C16H25N3O2S/c1-2-15-17-14(12-22-15)11-18-5-3-4-13(10-18)16(20)19-6-8-21-9-7-19/h12-13H,2-11H2,1H3/t13-/m0/s1. The van der Waals surface area contributed by atoms with Gasteiger partial charge in [0.05, 0.1) is 29.8 Å². The van der Waals surface area contributed by atoms with Crippen LogP contribution in [-0.2, 0) is 22.5 Å². The molecule has 1 aromatic rings. The fourth-order valence-electron chi connectivity index (χ4n) is 3.26. The highest BCUT2D eigenvalue weighted by Gasteiger charge is 2.30. The van der Waals surface area contributed by atoms with Gasteiger partial charge in [0, 0.05) is 31.6 Å². The number of likely N-dealkylation sites (tertiary alicyclic amines) is 1. The summed E-state index contributed by atoms with van der Waals surface area (Å²) in [5.74, 6) is 0.469. The molecule has 3 rings (SSSR count). The molecule has 2 aliphatic rings. The normalized spacial score (nSPS) is 23.7. The summed E-state index contributed by atoms with van der Waals surface area (Å²) in [4.78, 5) is 21.7. The zero-order valence-electron chi connectivity index (χ0n) is 13.3. The van der Waals surface area contributed by atoms with Gasteiger partial charge in [-0.3, -0.25) is 9.69 Å². The Kier molecular flexibility index (Phi) is 5.44. The molecule has 122 valence electrons. The first kappa shape index (κ1) is 15.9. The molecule has 6 heteroatoms. The van der Waals surface area contributed by atoms with E-state index in [2.05, 4.69) is 22.2 Å². The summed E-state index contributed by atoms with van der Waals surface area (Å²) in [5.41, 5.74) is 1.15. The van der Waals surface area contributed by atoms with E-state index in [1.54, 1.807) is 11.3 Å². The minimum absolute atomic E-state index is 0.149. The maximum absolute atomic E-state index is 12.6. The van der Waals surface area contributed by atoms with Crippen LogP contribution in [-0.4, -0.2) is 60.1 Å². The first-order valence-corrected chi connectivity index (χ1v) is 9.16. The fourth-order valence-corrected chi connectivity index (χ4v) is 3.99. The summed E-state index contributed by atoms with van der Waals surface area (Å²) in [6.45, 7) is 7.83. The molecular formula is C16H25N3O2S. The van der Waals surface area contributed by atoms with Crippen LogP contribution in [0.2, 0.25) is 0 Å². The van der Waals surface area contributed by atoms with Crippen LogP contribution in [0, 0.1) is 5.92 Å². The van der Waals surface area contributed by atoms with Crippen molar-refractivity contribution in [2.24, 2.45) is 5.92 Å². The molecule has 0 aliphatic carbocycles. The second-order valence-electron chi connectivity index (χ2n) is 6.10. The van der Waals surface area contributed by atoms with Crippen LogP contribution in [0.1, 0.15) is 30.5 Å². The summed E-state index contributed by atoms with van der Waals surface area (Å²) in [5, 5.41) is 3.36. The molecule has 3 heterocycles. The highest BCUT2D eigenvalue weighted by molar-refractivity contribution is 7.09. The van der Waals surface area contributed by atoms with Gasteiger partial charge in [-0.1, -0.05) is 6.92 Å². The van der Waals surface area contributed by atoms with Crippen molar-refractivity contribution in [1.29, 1.82) is 0 Å². The minimum Gasteiger partial charge on any atom is -0.378 e. The van der Waals surface area contributed by atoms with Gasteiger partial charge in [-0.2, -0.15) is 0 Å². The number of amides is 1. The molecule has 0 aromatic carbocycles. The molecule has 2 aliphatic heterocycles. The van der Waals surface area contributed by atoms with Gasteiger partial charge in [-0.15, -0.1) is 11.3 Å². The predicted molar refractivity (Wildman–Crippen MR) is 86.9 cm³/mol. The largest absolute Gasteiger partial charge is 0.378 e. The number of hydrogen-bond donors (Lipinski definition) is 0. The third-order valence-corrected chi connectivity index (χ3v) is 5.51. The van der Waals surface area contributed by atoms with Crippen molar-refractivity contribution in [3.8, 4) is 0 Å². The first-order valence-electron chi connectivity index (χ1n) is 8.28. The Morgan fingerprint density at radius 1 is 1.41 bits per heavy atom. The molecular weight excluding hydrogens is 298 g/mol. The summed E-state index contributed by atoms with van der Waals surface area (Å²) in [6, 6.07) is 0. The van der Waals surface area contributed by atoms with E-state index in [-0.39, 0.29) is 5.92 Å². The van der Waals surface area contributed by atoms with E-state index < -0.39 is 0 Å². The molecule has 0 saturated carbocycles. The van der Waals surface area contributed by atoms with Gasteiger partial charge in [-0.05, 0) is 25.8 Å². The Morgan fingerprint density at radius 3 is 2.95 bits per heavy atom. The van der Waals surface area contributed by atoms with Crippen molar-refractivity contribution in [2.75, 3.05) is 39.4 Å². The molecule has 1 aromatic heterocycles. The third-order valence-electron chi connectivity index (χ3n) is 4.46. The SMILES string of the molecule is CCc1nc(CN2CCC[C@H](C(=O)N3CCOCC3)C2)cs1. The van der Waals surface area contributed by atoms with E-state index in [9.17, 15) is 4.79 Å². The lowest BCUT2D eigenvalue weighted by Gasteiger charge is -2.36. The van der Waals surface area contributed by atoms with Gasteiger partial charge >= 0.3 is 0 Å². The van der Waals surface area contributed by atoms with Gasteiger partial charge < -0.3 is 9.64 Å². The van der Waals surface area contributed by atoms with Crippen molar-refractivity contribution < 1.29 is 9.53 Å². The van der Waals surface area contributed by atoms with E-state index >= 15 is 0 Å². The van der Waals surface area contributed by atoms with Crippen LogP contribution in [0.15, 0.2) is 5.38 Å². The van der Waals surface area contributed by atoms with Crippen molar-refractivity contribution in [3.63, 3.8) is 0 Å². The lowest BCUT2D eigenvalue weighted by molar-refractivity contribution is -0.141. The van der Waals surface area contributed by atoms with Crippen LogP contribution in [0.5, 0.6) is 0 Å². The second-order valence-corrected chi connectivity index (χ2v) is 7.04. The number of rotatable bonds is 4. The highest BCUT2D eigenvalue weighted by Crippen LogP contribution is 2.22. The highest BCUT2D eigenvalue weighted by atomic mass is 32.1. The Hall–Kier alpha value is -0.980. The van der Waals surface area contributed by atoms with E-state index in [0.717, 1.165) is 57.7 Å². The number of morpholine rings is 1. The maximum Gasteiger partial charge on any atom is 0.227 e. The van der Waals surface area contributed by atoms with Crippen molar-refractivity contribution in [3.05, 3.63) is 16.1 Å². The molecule has 2 saturated heterocycles. The van der Waals surface area contributed by atoms with E-state index in [0.29, 0.717) is 19.1 Å². The topological polar surface area (TPSA) is 45.7 Å². The molecule has 2 fully saturated rings.